The lowest BCUT2D eigenvalue weighted by atomic mass is 10.0. The third-order valence-corrected chi connectivity index (χ3v) is 2.60. The lowest BCUT2D eigenvalue weighted by Crippen LogP contribution is -2.05. The number of rotatable bonds is 8. The Labute approximate surface area is 89.3 Å². The van der Waals surface area contributed by atoms with Crippen molar-refractivity contribution >= 4 is 5.78 Å². The van der Waals surface area contributed by atoms with Crippen molar-refractivity contribution in [2.45, 2.75) is 66.2 Å². The van der Waals surface area contributed by atoms with Gasteiger partial charge in [-0.15, -0.1) is 0 Å². The highest BCUT2D eigenvalue weighted by atomic mass is 16.1. The molecule has 0 aliphatic rings. The predicted octanol–water partition coefficient (Wildman–Crippen LogP) is 4.21. The third kappa shape index (κ3) is 8.28. The molecule has 0 aliphatic carbocycles. The molecule has 0 spiro atoms. The van der Waals surface area contributed by atoms with Crippen molar-refractivity contribution in [1.82, 2.24) is 0 Å². The smallest absolute Gasteiger partial charge is 0.135 e. The van der Waals surface area contributed by atoms with E-state index in [2.05, 4.69) is 13.8 Å². The van der Waals surface area contributed by atoms with E-state index in [4.69, 9.17) is 0 Å². The minimum Gasteiger partial charge on any atom is -0.299 e. The van der Waals surface area contributed by atoms with Gasteiger partial charge >= 0.3 is 0 Å². The van der Waals surface area contributed by atoms with E-state index in [1.807, 2.05) is 13.8 Å². The normalized spacial score (nSPS) is 11.3. The third-order valence-electron chi connectivity index (χ3n) is 2.60. The van der Waals surface area contributed by atoms with E-state index in [0.29, 0.717) is 5.78 Å². The van der Waals surface area contributed by atoms with E-state index in [1.54, 1.807) is 0 Å². The van der Waals surface area contributed by atoms with Crippen LogP contribution < -0.4 is 0 Å². The maximum Gasteiger partial charge on any atom is 0.135 e. The van der Waals surface area contributed by atoms with Gasteiger partial charge in [-0.05, 0) is 12.3 Å². The summed E-state index contributed by atoms with van der Waals surface area (Å²) in [6.45, 7) is 8.51. The fourth-order valence-electron chi connectivity index (χ4n) is 1.49. The molecule has 0 aromatic heterocycles. The molecule has 14 heavy (non-hydrogen) atoms. The lowest BCUT2D eigenvalue weighted by molar-refractivity contribution is -0.122. The Morgan fingerprint density at radius 1 is 0.929 bits per heavy atom. The fraction of sp³-hybridized carbons (Fsp3) is 0.923. The van der Waals surface area contributed by atoms with Crippen molar-refractivity contribution in [3.63, 3.8) is 0 Å². The fourth-order valence-corrected chi connectivity index (χ4v) is 1.49. The molecular formula is C13H26O. The van der Waals surface area contributed by atoms with Crippen LogP contribution in [0.3, 0.4) is 0 Å². The van der Waals surface area contributed by atoms with Gasteiger partial charge in [0.15, 0.2) is 0 Å². The van der Waals surface area contributed by atoms with Gasteiger partial charge in [0.2, 0.25) is 0 Å². The summed E-state index contributed by atoms with van der Waals surface area (Å²) in [5.41, 5.74) is 0. The average Bonchev–Trinajstić information content (AvgIpc) is 2.09. The summed E-state index contributed by atoms with van der Waals surface area (Å²) in [6, 6.07) is 0. The number of ketones is 1. The van der Waals surface area contributed by atoms with Gasteiger partial charge in [-0.1, -0.05) is 53.4 Å². The quantitative estimate of drug-likeness (QED) is 0.534. The summed E-state index contributed by atoms with van der Waals surface area (Å²) in [5, 5.41) is 0. The van der Waals surface area contributed by atoms with Crippen LogP contribution in [0.5, 0.6) is 0 Å². The van der Waals surface area contributed by atoms with Crippen LogP contribution in [0.1, 0.15) is 66.2 Å². The highest BCUT2D eigenvalue weighted by Crippen LogP contribution is 2.11. The number of Topliss-reactive ketones (excluding diaryl/α,β-unsaturated/α-hetero) is 1. The molecule has 0 unspecified atom stereocenters. The Morgan fingerprint density at radius 3 is 2.00 bits per heavy atom. The van der Waals surface area contributed by atoms with Crippen molar-refractivity contribution < 1.29 is 4.79 Å². The van der Waals surface area contributed by atoms with Crippen LogP contribution in [0.25, 0.3) is 0 Å². The predicted molar refractivity (Wildman–Crippen MR) is 62.4 cm³/mol. The Balaban J connectivity index is 3.18. The van der Waals surface area contributed by atoms with Crippen LogP contribution in [-0.4, -0.2) is 5.78 Å². The van der Waals surface area contributed by atoms with Gasteiger partial charge in [0.25, 0.3) is 0 Å². The maximum atomic E-state index is 11.3. The summed E-state index contributed by atoms with van der Waals surface area (Å²) in [4.78, 5) is 11.3. The van der Waals surface area contributed by atoms with Crippen LogP contribution >= 0.6 is 0 Å². The first-order valence-corrected chi connectivity index (χ1v) is 6.06. The summed E-state index contributed by atoms with van der Waals surface area (Å²) < 4.78 is 0. The molecule has 0 atom stereocenters. The number of hydrogen-bond donors (Lipinski definition) is 0. The van der Waals surface area contributed by atoms with Crippen LogP contribution in [0, 0.1) is 11.8 Å². The van der Waals surface area contributed by atoms with Crippen molar-refractivity contribution in [3.05, 3.63) is 0 Å². The van der Waals surface area contributed by atoms with E-state index in [9.17, 15) is 4.79 Å². The van der Waals surface area contributed by atoms with Crippen molar-refractivity contribution in [2.24, 2.45) is 11.8 Å². The molecule has 0 aliphatic heterocycles. The molecule has 0 amide bonds. The minimum absolute atomic E-state index is 0.227. The van der Waals surface area contributed by atoms with E-state index in [1.165, 1.54) is 25.7 Å². The first-order valence-electron chi connectivity index (χ1n) is 6.06. The van der Waals surface area contributed by atoms with Crippen molar-refractivity contribution in [3.8, 4) is 0 Å². The average molecular weight is 198 g/mol. The maximum absolute atomic E-state index is 11.3. The SMILES string of the molecule is CC(C)CCCCCCC(=O)C(C)C. The Hall–Kier alpha value is -0.330. The zero-order chi connectivity index (χ0) is 11.0. The van der Waals surface area contributed by atoms with E-state index in [-0.39, 0.29) is 5.92 Å². The highest BCUT2D eigenvalue weighted by Gasteiger charge is 2.05. The topological polar surface area (TPSA) is 17.1 Å². The summed E-state index contributed by atoms with van der Waals surface area (Å²) in [6.07, 6.45) is 7.06. The van der Waals surface area contributed by atoms with Gasteiger partial charge in [-0.2, -0.15) is 0 Å². The molecule has 0 heterocycles. The molecule has 1 heteroatoms. The van der Waals surface area contributed by atoms with Crippen molar-refractivity contribution in [2.75, 3.05) is 0 Å². The summed E-state index contributed by atoms with van der Waals surface area (Å²) >= 11 is 0. The number of unbranched alkanes of at least 4 members (excludes halogenated alkanes) is 3. The van der Waals surface area contributed by atoms with Crippen molar-refractivity contribution in [1.29, 1.82) is 0 Å². The summed E-state index contributed by atoms with van der Waals surface area (Å²) in [7, 11) is 0. The van der Waals surface area contributed by atoms with Gasteiger partial charge in [0.1, 0.15) is 5.78 Å². The van der Waals surface area contributed by atoms with Crippen LogP contribution in [0.4, 0.5) is 0 Å². The van der Waals surface area contributed by atoms with E-state index in [0.717, 1.165) is 18.8 Å². The molecule has 0 fully saturated rings. The number of carbonyl (C=O) groups excluding carboxylic acids is 1. The second-order valence-electron chi connectivity index (χ2n) is 4.97. The summed E-state index contributed by atoms with van der Waals surface area (Å²) in [5.74, 6) is 1.48. The monoisotopic (exact) mass is 198 g/mol. The van der Waals surface area contributed by atoms with Crippen LogP contribution in [0.15, 0.2) is 0 Å². The standard InChI is InChI=1S/C13H26O/c1-11(2)9-7-5-6-8-10-13(14)12(3)4/h11-12H,5-10H2,1-4H3. The first-order chi connectivity index (χ1) is 6.54. The number of hydrogen-bond acceptors (Lipinski definition) is 1. The van der Waals surface area contributed by atoms with E-state index < -0.39 is 0 Å². The highest BCUT2D eigenvalue weighted by molar-refractivity contribution is 5.80. The molecule has 0 aromatic rings. The van der Waals surface area contributed by atoms with Crippen LogP contribution in [-0.2, 0) is 4.79 Å². The second kappa shape index (κ2) is 8.02. The first kappa shape index (κ1) is 13.7. The molecule has 0 N–H and O–H groups in total. The van der Waals surface area contributed by atoms with Gasteiger partial charge < -0.3 is 0 Å². The zero-order valence-corrected chi connectivity index (χ0v) is 10.3. The van der Waals surface area contributed by atoms with E-state index >= 15 is 0 Å². The van der Waals surface area contributed by atoms with Gasteiger partial charge in [-0.3, -0.25) is 4.79 Å². The molecular weight excluding hydrogens is 172 g/mol. The molecule has 0 radical (unpaired) electrons. The molecule has 84 valence electrons. The molecule has 1 nitrogen and oxygen atoms in total. The Kier molecular flexibility index (Phi) is 7.83. The largest absolute Gasteiger partial charge is 0.299 e. The minimum atomic E-state index is 0.227. The van der Waals surface area contributed by atoms with Gasteiger partial charge in [-0.25, -0.2) is 0 Å². The lowest BCUT2D eigenvalue weighted by Gasteiger charge is -2.05. The molecule has 0 aromatic carbocycles. The van der Waals surface area contributed by atoms with Gasteiger partial charge in [0.05, 0.1) is 0 Å². The molecule has 0 saturated carbocycles. The molecule has 0 bridgehead atoms. The second-order valence-corrected chi connectivity index (χ2v) is 4.97. The number of carbonyl (C=O) groups is 1. The Morgan fingerprint density at radius 2 is 1.50 bits per heavy atom. The van der Waals surface area contributed by atoms with Gasteiger partial charge in [0, 0.05) is 12.3 Å². The molecule has 0 rings (SSSR count). The van der Waals surface area contributed by atoms with Crippen LogP contribution in [0.2, 0.25) is 0 Å². The Bertz CT molecular complexity index is 147. The molecule has 0 saturated heterocycles. The zero-order valence-electron chi connectivity index (χ0n) is 10.3.